The van der Waals surface area contributed by atoms with Crippen molar-refractivity contribution in [2.45, 2.75) is 134 Å². The van der Waals surface area contributed by atoms with Gasteiger partial charge in [-0.25, -0.2) is 0 Å². The molecule has 3 heteroatoms. The third kappa shape index (κ3) is 4.39. The van der Waals surface area contributed by atoms with Gasteiger partial charge in [0.2, 0.25) is 0 Å². The van der Waals surface area contributed by atoms with Crippen LogP contribution in [0.2, 0.25) is 0 Å². The molecule has 0 aromatic heterocycles. The third-order valence-electron chi connectivity index (χ3n) is 19.1. The zero-order valence-electron chi connectivity index (χ0n) is 40.8. The average Bonchev–Trinajstić information content (AvgIpc) is 3.85. The van der Waals surface area contributed by atoms with E-state index in [1.807, 2.05) is 0 Å². The summed E-state index contributed by atoms with van der Waals surface area (Å²) >= 11 is 0. The lowest BCUT2D eigenvalue weighted by molar-refractivity contribution is 0.194. The fourth-order valence-corrected chi connectivity index (χ4v) is 15.4. The first-order valence-corrected chi connectivity index (χ1v) is 25.0. The van der Waals surface area contributed by atoms with E-state index in [1.165, 1.54) is 143 Å². The molecule has 7 aliphatic rings. The second-order valence-electron chi connectivity index (χ2n) is 24.4. The molecule has 0 radical (unpaired) electrons. The van der Waals surface area contributed by atoms with Gasteiger partial charge in [-0.15, -0.1) is 0 Å². The standard InChI is InChI=1S/C63H61BN2/c1-58(2,3)36-30-51-56-52(31-36)64-55-45(34-44-40-22-14-17-25-48(40)61(8,9)54(44)57(55)65(56)63(11)29-19-18-28-62(51,63)10)43-33-42-39-21-13-16-24-47(39)60(6,7)50(42)35-53(43)66(64)37-26-27-41-38-20-12-15-23-46(38)59(4,5)49(41)32-37/h12-17,20-27,30-35H,18-19,28-29H2,1-11H3. The Morgan fingerprint density at radius 3 is 1.70 bits per heavy atom. The van der Waals surface area contributed by atoms with Crippen LogP contribution in [-0.4, -0.2) is 12.4 Å². The number of anilines is 4. The number of hydrogen-bond donors (Lipinski definition) is 0. The highest BCUT2D eigenvalue weighted by molar-refractivity contribution is 6.93. The predicted molar refractivity (Wildman–Crippen MR) is 280 cm³/mol. The average molecular weight is 857 g/mol. The summed E-state index contributed by atoms with van der Waals surface area (Å²) in [4.78, 5) is 5.86. The Bertz CT molecular complexity index is 3390. The van der Waals surface area contributed by atoms with Gasteiger partial charge >= 0.3 is 6.85 Å². The number of rotatable bonds is 1. The van der Waals surface area contributed by atoms with E-state index < -0.39 is 0 Å². The molecule has 1 saturated carbocycles. The normalized spacial score (nSPS) is 22.9. The second kappa shape index (κ2) is 12.0. The smallest absolute Gasteiger partial charge is 0.333 e. The summed E-state index contributed by atoms with van der Waals surface area (Å²) in [6.07, 6.45) is 4.91. The van der Waals surface area contributed by atoms with E-state index in [1.54, 1.807) is 5.56 Å². The minimum absolute atomic E-state index is 0.00868. The van der Waals surface area contributed by atoms with E-state index in [2.05, 4.69) is 207 Å². The van der Waals surface area contributed by atoms with Crippen LogP contribution in [0.3, 0.4) is 0 Å². The molecule has 7 aromatic carbocycles. The summed E-state index contributed by atoms with van der Waals surface area (Å²) < 4.78 is 0. The maximum Gasteiger partial charge on any atom is 0.333 e. The van der Waals surface area contributed by atoms with Gasteiger partial charge in [0, 0.05) is 50.0 Å². The monoisotopic (exact) mass is 856 g/mol. The van der Waals surface area contributed by atoms with Crippen LogP contribution in [0.15, 0.2) is 121 Å². The van der Waals surface area contributed by atoms with Crippen LogP contribution in [0.25, 0.3) is 44.5 Å². The summed E-state index contributed by atoms with van der Waals surface area (Å²) in [5.41, 5.74) is 30.8. The third-order valence-corrected chi connectivity index (χ3v) is 19.1. The second-order valence-corrected chi connectivity index (χ2v) is 24.4. The molecular weight excluding hydrogens is 796 g/mol. The molecule has 0 amide bonds. The molecule has 2 unspecified atom stereocenters. The van der Waals surface area contributed by atoms with Gasteiger partial charge < -0.3 is 9.71 Å². The quantitative estimate of drug-likeness (QED) is 0.152. The molecule has 7 aromatic rings. The molecule has 326 valence electrons. The van der Waals surface area contributed by atoms with Gasteiger partial charge in [-0.05, 0) is 150 Å². The number of hydrogen-bond acceptors (Lipinski definition) is 2. The van der Waals surface area contributed by atoms with Crippen LogP contribution in [0.4, 0.5) is 22.7 Å². The first-order valence-electron chi connectivity index (χ1n) is 25.0. The zero-order chi connectivity index (χ0) is 45.4. The summed E-state index contributed by atoms with van der Waals surface area (Å²) in [6, 6.07) is 48.6. The lowest BCUT2D eigenvalue weighted by Crippen LogP contribution is -2.65. The zero-order valence-corrected chi connectivity index (χ0v) is 40.8. The van der Waals surface area contributed by atoms with Gasteiger partial charge in [-0.3, -0.25) is 0 Å². The Balaban J connectivity index is 1.17. The minimum atomic E-state index is -0.191. The molecule has 2 atom stereocenters. The molecule has 2 nitrogen and oxygen atoms in total. The van der Waals surface area contributed by atoms with Gasteiger partial charge in [-0.2, -0.15) is 0 Å². The predicted octanol–water partition coefficient (Wildman–Crippen LogP) is 14.9. The fourth-order valence-electron chi connectivity index (χ4n) is 15.4. The maximum atomic E-state index is 3.00. The first kappa shape index (κ1) is 39.4. The van der Waals surface area contributed by atoms with Gasteiger partial charge in [0.25, 0.3) is 0 Å². The molecule has 0 saturated heterocycles. The van der Waals surface area contributed by atoms with Crippen molar-refractivity contribution < 1.29 is 0 Å². The molecule has 0 bridgehead atoms. The van der Waals surface area contributed by atoms with E-state index in [0.717, 1.165) is 0 Å². The van der Waals surface area contributed by atoms with E-state index in [0.29, 0.717) is 0 Å². The van der Waals surface area contributed by atoms with E-state index in [4.69, 9.17) is 0 Å². The number of nitrogens with zero attached hydrogens (tertiary/aromatic N) is 2. The van der Waals surface area contributed by atoms with Crippen LogP contribution in [0.1, 0.15) is 146 Å². The summed E-state index contributed by atoms with van der Waals surface area (Å²) in [5.74, 6) is 0. The van der Waals surface area contributed by atoms with Gasteiger partial charge in [0.05, 0.1) is 5.54 Å². The van der Waals surface area contributed by atoms with Gasteiger partial charge in [0.15, 0.2) is 0 Å². The van der Waals surface area contributed by atoms with E-state index in [9.17, 15) is 0 Å². The summed E-state index contributed by atoms with van der Waals surface area (Å²) in [6.45, 7) is 27.4. The van der Waals surface area contributed by atoms with Crippen LogP contribution in [0, 0.1) is 0 Å². The van der Waals surface area contributed by atoms with Crippen molar-refractivity contribution in [2.75, 3.05) is 9.71 Å². The van der Waals surface area contributed by atoms with Crippen LogP contribution < -0.4 is 20.6 Å². The minimum Gasteiger partial charge on any atom is -0.376 e. The molecule has 3 heterocycles. The Morgan fingerprint density at radius 1 is 0.470 bits per heavy atom. The molecule has 14 rings (SSSR count). The van der Waals surface area contributed by atoms with Crippen molar-refractivity contribution in [3.8, 4) is 44.5 Å². The molecule has 1 fully saturated rings. The van der Waals surface area contributed by atoms with E-state index >= 15 is 0 Å². The van der Waals surface area contributed by atoms with Crippen molar-refractivity contribution in [1.29, 1.82) is 0 Å². The highest BCUT2D eigenvalue weighted by Gasteiger charge is 2.63. The lowest BCUT2D eigenvalue weighted by Gasteiger charge is -2.54. The Hall–Kier alpha value is -5.80. The van der Waals surface area contributed by atoms with Crippen LogP contribution >= 0.6 is 0 Å². The molecular formula is C63H61BN2. The van der Waals surface area contributed by atoms with Crippen LogP contribution in [-0.2, 0) is 27.1 Å². The molecule has 4 aliphatic carbocycles. The molecule has 3 aliphatic heterocycles. The van der Waals surface area contributed by atoms with Gasteiger partial charge in [-0.1, -0.05) is 173 Å². The molecule has 0 N–H and O–H groups in total. The van der Waals surface area contributed by atoms with Gasteiger partial charge in [0.1, 0.15) is 0 Å². The Kier molecular flexibility index (Phi) is 7.17. The largest absolute Gasteiger partial charge is 0.376 e. The first-order chi connectivity index (χ1) is 31.4. The number of benzene rings is 7. The highest BCUT2D eigenvalue weighted by atomic mass is 15.3. The highest BCUT2D eigenvalue weighted by Crippen LogP contribution is 2.66. The molecule has 66 heavy (non-hydrogen) atoms. The van der Waals surface area contributed by atoms with Crippen molar-refractivity contribution in [3.05, 3.63) is 166 Å². The number of fused-ring (bicyclic) bond motifs is 17. The summed E-state index contributed by atoms with van der Waals surface area (Å²) in [7, 11) is 0. The topological polar surface area (TPSA) is 6.48 Å². The summed E-state index contributed by atoms with van der Waals surface area (Å²) in [5, 5.41) is 0. The van der Waals surface area contributed by atoms with Crippen LogP contribution in [0.5, 0.6) is 0 Å². The van der Waals surface area contributed by atoms with Crippen molar-refractivity contribution >= 4 is 40.5 Å². The fraction of sp³-hybridized carbons (Fsp3) is 0.333. The van der Waals surface area contributed by atoms with E-state index in [-0.39, 0.29) is 39.5 Å². The van der Waals surface area contributed by atoms with Crippen molar-refractivity contribution in [1.82, 2.24) is 0 Å². The lowest BCUT2D eigenvalue weighted by atomic mass is 9.42. The Morgan fingerprint density at radius 2 is 1.03 bits per heavy atom. The molecule has 0 spiro atoms. The SMILES string of the molecule is CC(C)(C)c1cc2c3c(c1)C1(C)CCCCC1(C)N3c1c3c(cc4c1C(C)(C)c1ccccc1-4)-c1cc4c(cc1N(c1ccc5c(c1)C(C)(C)c1ccccc1-5)B23)C(C)(C)c1ccccc1-4. The maximum absolute atomic E-state index is 3.00. The van der Waals surface area contributed by atoms with Crippen molar-refractivity contribution in [3.63, 3.8) is 0 Å². The van der Waals surface area contributed by atoms with Crippen molar-refractivity contribution in [2.24, 2.45) is 0 Å². The Labute approximate surface area is 393 Å².